The standard InChI is InChI=1S/C13H11NO3S/c15-14(16)11-3-1-2-10(8-11)9-17-12-4-6-13(18)7-5-12/h1-8,18H,9H2. The highest BCUT2D eigenvalue weighted by atomic mass is 32.1. The molecule has 0 amide bonds. The van der Waals surface area contributed by atoms with Gasteiger partial charge in [0, 0.05) is 17.0 Å². The molecule has 0 aliphatic carbocycles. The van der Waals surface area contributed by atoms with Gasteiger partial charge >= 0.3 is 0 Å². The molecule has 92 valence electrons. The van der Waals surface area contributed by atoms with Crippen molar-refractivity contribution < 1.29 is 9.66 Å². The van der Waals surface area contributed by atoms with Crippen molar-refractivity contribution >= 4 is 18.3 Å². The van der Waals surface area contributed by atoms with E-state index < -0.39 is 4.92 Å². The van der Waals surface area contributed by atoms with Gasteiger partial charge in [-0.25, -0.2) is 0 Å². The van der Waals surface area contributed by atoms with Gasteiger partial charge in [-0.2, -0.15) is 0 Å². The first kappa shape index (κ1) is 12.4. The van der Waals surface area contributed by atoms with E-state index >= 15 is 0 Å². The van der Waals surface area contributed by atoms with Gasteiger partial charge in [-0.05, 0) is 29.8 Å². The molecule has 2 aromatic rings. The van der Waals surface area contributed by atoms with E-state index in [9.17, 15) is 10.1 Å². The van der Waals surface area contributed by atoms with Crippen molar-refractivity contribution in [1.82, 2.24) is 0 Å². The van der Waals surface area contributed by atoms with Crippen molar-refractivity contribution in [3.63, 3.8) is 0 Å². The van der Waals surface area contributed by atoms with Crippen LogP contribution < -0.4 is 4.74 Å². The van der Waals surface area contributed by atoms with Crippen LogP contribution in [0.5, 0.6) is 5.75 Å². The summed E-state index contributed by atoms with van der Waals surface area (Å²) >= 11 is 4.18. The maximum atomic E-state index is 10.6. The SMILES string of the molecule is O=[N+]([O-])c1cccc(COc2ccc(S)cc2)c1. The summed E-state index contributed by atoms with van der Waals surface area (Å²) in [5.41, 5.74) is 0.834. The zero-order valence-electron chi connectivity index (χ0n) is 9.45. The summed E-state index contributed by atoms with van der Waals surface area (Å²) in [6.45, 7) is 0.299. The number of benzene rings is 2. The fourth-order valence-electron chi connectivity index (χ4n) is 1.47. The fraction of sp³-hybridized carbons (Fsp3) is 0.0769. The third kappa shape index (κ3) is 3.24. The minimum atomic E-state index is -0.417. The normalized spacial score (nSPS) is 10.1. The molecule has 0 spiro atoms. The Bertz CT molecular complexity index is 554. The number of thiol groups is 1. The van der Waals surface area contributed by atoms with E-state index in [-0.39, 0.29) is 5.69 Å². The lowest BCUT2D eigenvalue weighted by Crippen LogP contribution is -1.96. The quantitative estimate of drug-likeness (QED) is 0.521. The molecule has 0 unspecified atom stereocenters. The summed E-state index contributed by atoms with van der Waals surface area (Å²) in [6.07, 6.45) is 0. The van der Waals surface area contributed by atoms with Crippen LogP contribution >= 0.6 is 12.6 Å². The molecule has 0 aliphatic rings. The molecule has 0 saturated heterocycles. The van der Waals surface area contributed by atoms with Crippen LogP contribution in [0, 0.1) is 10.1 Å². The topological polar surface area (TPSA) is 52.4 Å². The lowest BCUT2D eigenvalue weighted by Gasteiger charge is -2.06. The predicted octanol–water partition coefficient (Wildman–Crippen LogP) is 3.46. The summed E-state index contributed by atoms with van der Waals surface area (Å²) < 4.78 is 5.53. The molecule has 0 radical (unpaired) electrons. The number of rotatable bonds is 4. The second kappa shape index (κ2) is 5.55. The van der Waals surface area contributed by atoms with Gasteiger partial charge in [-0.3, -0.25) is 10.1 Å². The number of hydrogen-bond donors (Lipinski definition) is 1. The molecule has 0 atom stereocenters. The molecule has 0 saturated carbocycles. The molecule has 18 heavy (non-hydrogen) atoms. The summed E-state index contributed by atoms with van der Waals surface area (Å²) in [5.74, 6) is 0.708. The Labute approximate surface area is 110 Å². The first-order valence-corrected chi connectivity index (χ1v) is 5.75. The molecule has 0 fully saturated rings. The third-order valence-corrected chi connectivity index (χ3v) is 2.66. The van der Waals surface area contributed by atoms with Crippen molar-refractivity contribution in [3.05, 3.63) is 64.2 Å². The lowest BCUT2D eigenvalue weighted by molar-refractivity contribution is -0.384. The van der Waals surface area contributed by atoms with E-state index in [0.717, 1.165) is 10.5 Å². The van der Waals surface area contributed by atoms with Crippen molar-refractivity contribution in [2.75, 3.05) is 0 Å². The zero-order valence-corrected chi connectivity index (χ0v) is 10.3. The molecule has 2 aromatic carbocycles. The Kier molecular flexibility index (Phi) is 3.84. The second-order valence-electron chi connectivity index (χ2n) is 3.71. The predicted molar refractivity (Wildman–Crippen MR) is 71.1 cm³/mol. The van der Waals surface area contributed by atoms with Gasteiger partial charge in [0.25, 0.3) is 5.69 Å². The average Bonchev–Trinajstić information content (AvgIpc) is 2.38. The Morgan fingerprint density at radius 1 is 1.17 bits per heavy atom. The number of hydrogen-bond acceptors (Lipinski definition) is 4. The van der Waals surface area contributed by atoms with Crippen LogP contribution in [0.2, 0.25) is 0 Å². The van der Waals surface area contributed by atoms with Gasteiger partial charge in [0.05, 0.1) is 4.92 Å². The van der Waals surface area contributed by atoms with Gasteiger partial charge in [-0.15, -0.1) is 12.6 Å². The van der Waals surface area contributed by atoms with Crippen LogP contribution in [-0.4, -0.2) is 4.92 Å². The van der Waals surface area contributed by atoms with Gasteiger partial charge in [-0.1, -0.05) is 12.1 Å². The Balaban J connectivity index is 2.04. The molecule has 5 heteroatoms. The van der Waals surface area contributed by atoms with E-state index in [1.807, 2.05) is 12.1 Å². The van der Waals surface area contributed by atoms with E-state index in [1.165, 1.54) is 12.1 Å². The molecule has 0 bridgehead atoms. The van der Waals surface area contributed by atoms with Gasteiger partial charge in [0.15, 0.2) is 0 Å². The number of nitrogens with zero attached hydrogens (tertiary/aromatic N) is 1. The monoisotopic (exact) mass is 261 g/mol. The summed E-state index contributed by atoms with van der Waals surface area (Å²) in [6, 6.07) is 13.7. The van der Waals surface area contributed by atoms with Gasteiger partial charge in [0.1, 0.15) is 12.4 Å². The Hall–Kier alpha value is -2.01. The largest absolute Gasteiger partial charge is 0.489 e. The van der Waals surface area contributed by atoms with Crippen LogP contribution in [-0.2, 0) is 6.61 Å². The van der Waals surface area contributed by atoms with E-state index in [2.05, 4.69) is 12.6 Å². The Morgan fingerprint density at radius 2 is 1.89 bits per heavy atom. The molecule has 0 N–H and O–H groups in total. The minimum Gasteiger partial charge on any atom is -0.489 e. The zero-order chi connectivity index (χ0) is 13.0. The highest BCUT2D eigenvalue weighted by Crippen LogP contribution is 2.18. The van der Waals surface area contributed by atoms with Crippen LogP contribution in [0.1, 0.15) is 5.56 Å². The van der Waals surface area contributed by atoms with Crippen molar-refractivity contribution in [2.45, 2.75) is 11.5 Å². The van der Waals surface area contributed by atoms with Crippen molar-refractivity contribution in [1.29, 1.82) is 0 Å². The summed E-state index contributed by atoms with van der Waals surface area (Å²) in [5, 5.41) is 10.6. The van der Waals surface area contributed by atoms with Crippen molar-refractivity contribution in [2.24, 2.45) is 0 Å². The molecule has 2 rings (SSSR count). The van der Waals surface area contributed by atoms with E-state index in [4.69, 9.17) is 4.74 Å². The number of nitro benzene ring substituents is 1. The number of nitro groups is 1. The highest BCUT2D eigenvalue weighted by molar-refractivity contribution is 7.80. The number of ether oxygens (including phenoxy) is 1. The molecule has 0 aliphatic heterocycles. The van der Waals surface area contributed by atoms with Crippen LogP contribution in [0.15, 0.2) is 53.4 Å². The Morgan fingerprint density at radius 3 is 2.56 bits per heavy atom. The number of non-ortho nitro benzene ring substituents is 1. The second-order valence-corrected chi connectivity index (χ2v) is 4.23. The smallest absolute Gasteiger partial charge is 0.269 e. The molecule has 0 heterocycles. The molecule has 4 nitrogen and oxygen atoms in total. The maximum Gasteiger partial charge on any atom is 0.269 e. The first-order chi connectivity index (χ1) is 8.65. The van der Waals surface area contributed by atoms with Gasteiger partial charge in [0.2, 0.25) is 0 Å². The molecular weight excluding hydrogens is 250 g/mol. The highest BCUT2D eigenvalue weighted by Gasteiger charge is 2.05. The summed E-state index contributed by atoms with van der Waals surface area (Å²) in [4.78, 5) is 11.1. The van der Waals surface area contributed by atoms with E-state index in [1.54, 1.807) is 24.3 Å². The molecule has 0 aromatic heterocycles. The minimum absolute atomic E-state index is 0.0711. The lowest BCUT2D eigenvalue weighted by atomic mass is 10.2. The van der Waals surface area contributed by atoms with Crippen LogP contribution in [0.3, 0.4) is 0 Å². The van der Waals surface area contributed by atoms with Crippen LogP contribution in [0.25, 0.3) is 0 Å². The maximum absolute atomic E-state index is 10.6. The van der Waals surface area contributed by atoms with Gasteiger partial charge < -0.3 is 4.74 Å². The first-order valence-electron chi connectivity index (χ1n) is 5.30. The third-order valence-electron chi connectivity index (χ3n) is 2.36. The average molecular weight is 261 g/mol. The fourth-order valence-corrected chi connectivity index (χ4v) is 1.62. The van der Waals surface area contributed by atoms with Crippen LogP contribution in [0.4, 0.5) is 5.69 Å². The molecular formula is C13H11NO3S. The summed E-state index contributed by atoms with van der Waals surface area (Å²) in [7, 11) is 0. The van der Waals surface area contributed by atoms with E-state index in [0.29, 0.717) is 12.4 Å². The van der Waals surface area contributed by atoms with Crippen molar-refractivity contribution in [3.8, 4) is 5.75 Å².